The summed E-state index contributed by atoms with van der Waals surface area (Å²) in [5.41, 5.74) is 1.53. The molecule has 0 bridgehead atoms. The van der Waals surface area contributed by atoms with E-state index in [1.807, 2.05) is 12.1 Å². The number of aromatic nitrogens is 3. The number of nitrogens with zero attached hydrogens (tertiary/aromatic N) is 3. The summed E-state index contributed by atoms with van der Waals surface area (Å²) in [5, 5.41) is 17.4. The van der Waals surface area contributed by atoms with E-state index in [0.29, 0.717) is 16.7 Å². The molecular formula is C20H22BrN5O5S2. The molecule has 33 heavy (non-hydrogen) atoms. The molecule has 1 heterocycles. The largest absolute Gasteiger partial charge is 0.457 e. The first-order valence-electron chi connectivity index (χ1n) is 9.54. The fourth-order valence-electron chi connectivity index (χ4n) is 2.78. The number of carbonyl (C=O) groups excluding carboxylic acids is 1. The average Bonchev–Trinajstić information content (AvgIpc) is 3.17. The van der Waals surface area contributed by atoms with Gasteiger partial charge in [-0.1, -0.05) is 27.7 Å². The number of nitrogens with one attached hydrogen (secondary N) is 2. The van der Waals surface area contributed by atoms with Crippen molar-refractivity contribution in [3.63, 3.8) is 0 Å². The standard InChI is InChI=1S/C20H22BrN5O5S2/c1-20(2,32-19-23-22-12-26(19)3)17(18(27)24-28)25-33(29,30)16-10-8-15(9-11-16)31-14-6-4-13(21)5-7-14/h4-12,17,25,28H,1-3H3,(H,24,27). The van der Waals surface area contributed by atoms with Gasteiger partial charge in [0.05, 0.1) is 4.90 Å². The Morgan fingerprint density at radius 3 is 2.24 bits per heavy atom. The maximum absolute atomic E-state index is 13.0. The topological polar surface area (TPSA) is 135 Å². The van der Waals surface area contributed by atoms with Crippen LogP contribution >= 0.6 is 27.7 Å². The number of aryl methyl sites for hydroxylation is 1. The highest BCUT2D eigenvalue weighted by Gasteiger charge is 2.40. The quantitative estimate of drug-likeness (QED) is 0.208. The third-order valence-corrected chi connectivity index (χ3v) is 7.83. The Morgan fingerprint density at radius 1 is 1.15 bits per heavy atom. The smallest absolute Gasteiger partial charge is 0.262 e. The normalized spacial score (nSPS) is 12.9. The molecule has 3 rings (SSSR count). The summed E-state index contributed by atoms with van der Waals surface area (Å²) in [6, 6.07) is 11.6. The molecule has 0 spiro atoms. The Morgan fingerprint density at radius 2 is 1.73 bits per heavy atom. The number of carbonyl (C=O) groups is 1. The molecule has 2 aromatic carbocycles. The fraction of sp³-hybridized carbons (Fsp3) is 0.250. The lowest BCUT2D eigenvalue weighted by Gasteiger charge is -2.31. The SMILES string of the molecule is Cn1cnnc1SC(C)(C)C(NS(=O)(=O)c1ccc(Oc2ccc(Br)cc2)cc1)C(=O)NO. The van der Waals surface area contributed by atoms with E-state index < -0.39 is 26.7 Å². The number of ether oxygens (including phenoxy) is 1. The second-order valence-corrected chi connectivity index (χ2v) is 11.7. The molecule has 3 N–H and O–H groups in total. The second-order valence-electron chi connectivity index (χ2n) is 7.49. The highest BCUT2D eigenvalue weighted by molar-refractivity contribution is 9.10. The predicted octanol–water partition coefficient (Wildman–Crippen LogP) is 3.09. The van der Waals surface area contributed by atoms with Crippen LogP contribution in [0.2, 0.25) is 0 Å². The van der Waals surface area contributed by atoms with Crippen LogP contribution in [-0.2, 0) is 21.9 Å². The van der Waals surface area contributed by atoms with Crippen molar-refractivity contribution in [2.24, 2.45) is 7.05 Å². The molecule has 0 aliphatic heterocycles. The number of hydrogen-bond acceptors (Lipinski definition) is 8. The van der Waals surface area contributed by atoms with Gasteiger partial charge in [0.25, 0.3) is 5.91 Å². The van der Waals surface area contributed by atoms with Gasteiger partial charge in [-0.3, -0.25) is 10.0 Å². The maximum Gasteiger partial charge on any atom is 0.262 e. The van der Waals surface area contributed by atoms with Gasteiger partial charge in [0.1, 0.15) is 23.9 Å². The highest BCUT2D eigenvalue weighted by atomic mass is 79.9. The van der Waals surface area contributed by atoms with Crippen molar-refractivity contribution < 1.29 is 23.2 Å². The van der Waals surface area contributed by atoms with Gasteiger partial charge in [-0.15, -0.1) is 10.2 Å². The van der Waals surface area contributed by atoms with E-state index in [-0.39, 0.29) is 4.90 Å². The number of benzene rings is 2. The molecule has 3 aromatic rings. The van der Waals surface area contributed by atoms with Crippen LogP contribution in [0.15, 0.2) is 69.4 Å². The van der Waals surface area contributed by atoms with Gasteiger partial charge in [0, 0.05) is 16.3 Å². The van der Waals surface area contributed by atoms with Gasteiger partial charge in [-0.25, -0.2) is 13.9 Å². The summed E-state index contributed by atoms with van der Waals surface area (Å²) in [5.74, 6) is 0.127. The van der Waals surface area contributed by atoms with Crippen LogP contribution in [0.4, 0.5) is 0 Å². The van der Waals surface area contributed by atoms with E-state index in [1.54, 1.807) is 37.6 Å². The van der Waals surface area contributed by atoms with Crippen LogP contribution in [0.5, 0.6) is 11.5 Å². The Hall–Kier alpha value is -2.45. The molecule has 0 saturated heterocycles. The van der Waals surface area contributed by atoms with Crippen LogP contribution in [-0.4, -0.2) is 45.1 Å². The summed E-state index contributed by atoms with van der Waals surface area (Å²) >= 11 is 4.49. The fourth-order valence-corrected chi connectivity index (χ4v) is 5.50. The van der Waals surface area contributed by atoms with Gasteiger partial charge in [-0.2, -0.15) is 4.72 Å². The molecule has 13 heteroatoms. The third-order valence-electron chi connectivity index (χ3n) is 4.55. The minimum absolute atomic E-state index is 0.0687. The summed E-state index contributed by atoms with van der Waals surface area (Å²) in [6.45, 7) is 3.31. The van der Waals surface area contributed by atoms with E-state index >= 15 is 0 Å². The molecule has 0 aliphatic carbocycles. The van der Waals surface area contributed by atoms with Crippen molar-refractivity contribution in [2.75, 3.05) is 0 Å². The van der Waals surface area contributed by atoms with E-state index in [2.05, 4.69) is 30.8 Å². The Bertz CT molecular complexity index is 1210. The van der Waals surface area contributed by atoms with E-state index in [0.717, 1.165) is 16.2 Å². The Balaban J connectivity index is 1.79. The zero-order valence-corrected chi connectivity index (χ0v) is 21.1. The molecule has 176 valence electrons. The van der Waals surface area contributed by atoms with Crippen LogP contribution in [0.25, 0.3) is 0 Å². The number of amides is 1. The second kappa shape index (κ2) is 10.2. The van der Waals surface area contributed by atoms with E-state index in [9.17, 15) is 18.4 Å². The monoisotopic (exact) mass is 555 g/mol. The number of hydroxylamine groups is 1. The van der Waals surface area contributed by atoms with Crippen LogP contribution in [0.1, 0.15) is 13.8 Å². The molecule has 1 unspecified atom stereocenters. The van der Waals surface area contributed by atoms with Gasteiger partial charge < -0.3 is 9.30 Å². The molecule has 0 radical (unpaired) electrons. The molecule has 1 aromatic heterocycles. The summed E-state index contributed by atoms with van der Waals surface area (Å²) < 4.78 is 35.7. The Labute approximate surface area is 203 Å². The van der Waals surface area contributed by atoms with Crippen molar-refractivity contribution in [1.82, 2.24) is 25.0 Å². The van der Waals surface area contributed by atoms with Crippen molar-refractivity contribution in [3.8, 4) is 11.5 Å². The van der Waals surface area contributed by atoms with Gasteiger partial charge in [0.2, 0.25) is 10.0 Å². The zero-order chi connectivity index (χ0) is 24.2. The average molecular weight is 556 g/mol. The number of rotatable bonds is 9. The first kappa shape index (κ1) is 25.2. The molecular weight excluding hydrogens is 534 g/mol. The van der Waals surface area contributed by atoms with E-state index in [4.69, 9.17) is 4.74 Å². The molecule has 1 atom stereocenters. The summed E-state index contributed by atoms with van der Waals surface area (Å²) in [4.78, 5) is 12.3. The first-order chi connectivity index (χ1) is 15.5. The number of hydrogen-bond donors (Lipinski definition) is 3. The lowest BCUT2D eigenvalue weighted by atomic mass is 10.0. The first-order valence-corrected chi connectivity index (χ1v) is 12.6. The molecule has 0 fully saturated rings. The van der Waals surface area contributed by atoms with Crippen molar-refractivity contribution in [3.05, 3.63) is 59.3 Å². The molecule has 10 nitrogen and oxygen atoms in total. The molecule has 0 saturated carbocycles. The maximum atomic E-state index is 13.0. The number of sulfonamides is 1. The van der Waals surface area contributed by atoms with Crippen molar-refractivity contribution in [2.45, 2.75) is 34.7 Å². The predicted molar refractivity (Wildman–Crippen MR) is 126 cm³/mol. The lowest BCUT2D eigenvalue weighted by molar-refractivity contribution is -0.131. The van der Waals surface area contributed by atoms with Gasteiger partial charge in [0.15, 0.2) is 5.16 Å². The van der Waals surface area contributed by atoms with Crippen molar-refractivity contribution in [1.29, 1.82) is 0 Å². The van der Waals surface area contributed by atoms with E-state index in [1.165, 1.54) is 36.1 Å². The lowest BCUT2D eigenvalue weighted by Crippen LogP contribution is -2.55. The van der Waals surface area contributed by atoms with Gasteiger partial charge in [-0.05, 0) is 62.4 Å². The van der Waals surface area contributed by atoms with Crippen LogP contribution in [0, 0.1) is 0 Å². The minimum Gasteiger partial charge on any atom is -0.457 e. The zero-order valence-electron chi connectivity index (χ0n) is 17.9. The number of halogens is 1. The van der Waals surface area contributed by atoms with Crippen molar-refractivity contribution >= 4 is 43.6 Å². The van der Waals surface area contributed by atoms with Crippen LogP contribution in [0.3, 0.4) is 0 Å². The third kappa shape index (κ3) is 6.32. The summed E-state index contributed by atoms with van der Waals surface area (Å²) in [6.07, 6.45) is 1.49. The Kier molecular flexibility index (Phi) is 7.80. The van der Waals surface area contributed by atoms with Crippen LogP contribution < -0.4 is 14.9 Å². The highest BCUT2D eigenvalue weighted by Crippen LogP contribution is 2.34. The molecule has 1 amide bonds. The molecule has 0 aliphatic rings. The minimum atomic E-state index is -4.12. The van der Waals surface area contributed by atoms with Gasteiger partial charge >= 0.3 is 0 Å². The summed E-state index contributed by atoms with van der Waals surface area (Å²) in [7, 11) is -2.40. The number of thioether (sulfide) groups is 1.